The Morgan fingerprint density at radius 2 is 1.05 bits per heavy atom. The summed E-state index contributed by atoms with van der Waals surface area (Å²) in [7, 11) is 0. The van der Waals surface area contributed by atoms with Gasteiger partial charge in [-0.05, 0) is 78.9 Å². The Labute approximate surface area is 244 Å². The van der Waals surface area contributed by atoms with Gasteiger partial charge in [0.25, 0.3) is 0 Å². The highest BCUT2D eigenvalue weighted by atomic mass is 15.0. The molecule has 1 heteroatoms. The zero-order chi connectivity index (χ0) is 27.7. The van der Waals surface area contributed by atoms with E-state index in [2.05, 4.69) is 146 Å². The number of rotatable bonds is 1. The summed E-state index contributed by atoms with van der Waals surface area (Å²) in [4.78, 5) is 0. The molecule has 0 fully saturated rings. The standard InChI is InChI=1S/C41H27N/c1-41(2)34-16-7-5-12-26(34)30-19-18-29-31(40(30)41)21-23-37-39(29)33-13-6-8-17-35(33)42(37)36-22-20-28-25-11-4-3-10-24(25)27-14-9-15-32(36)38(27)28/h3-23H,1-2H3. The van der Waals surface area contributed by atoms with E-state index < -0.39 is 0 Å². The molecule has 0 bridgehead atoms. The molecule has 42 heavy (non-hydrogen) atoms. The first-order valence-corrected chi connectivity index (χ1v) is 14.9. The minimum atomic E-state index is -0.0514. The van der Waals surface area contributed by atoms with Crippen molar-refractivity contribution in [3.63, 3.8) is 0 Å². The fraction of sp³-hybridized carbons (Fsp3) is 0.0732. The zero-order valence-corrected chi connectivity index (χ0v) is 23.6. The molecule has 0 saturated heterocycles. The molecular weight excluding hydrogens is 506 g/mol. The molecule has 2 aliphatic carbocycles. The van der Waals surface area contributed by atoms with Crippen molar-refractivity contribution >= 4 is 43.4 Å². The molecule has 7 aromatic carbocycles. The molecule has 10 rings (SSSR count). The Morgan fingerprint density at radius 1 is 0.405 bits per heavy atom. The molecule has 0 atom stereocenters. The van der Waals surface area contributed by atoms with E-state index in [1.165, 1.54) is 93.5 Å². The van der Waals surface area contributed by atoms with Gasteiger partial charge in [-0.1, -0.05) is 123 Å². The van der Waals surface area contributed by atoms with Gasteiger partial charge in [-0.3, -0.25) is 0 Å². The summed E-state index contributed by atoms with van der Waals surface area (Å²) < 4.78 is 2.50. The lowest BCUT2D eigenvalue weighted by molar-refractivity contribution is 0.666. The molecule has 0 amide bonds. The summed E-state index contributed by atoms with van der Waals surface area (Å²) in [5.41, 5.74) is 14.6. The molecule has 0 unspecified atom stereocenters. The van der Waals surface area contributed by atoms with Crippen molar-refractivity contribution in [2.24, 2.45) is 0 Å². The van der Waals surface area contributed by atoms with Crippen LogP contribution < -0.4 is 0 Å². The molecule has 0 aliphatic heterocycles. The zero-order valence-electron chi connectivity index (χ0n) is 23.6. The number of benzene rings is 7. The highest BCUT2D eigenvalue weighted by molar-refractivity contribution is 6.24. The van der Waals surface area contributed by atoms with E-state index in [1.54, 1.807) is 0 Å². The van der Waals surface area contributed by atoms with Gasteiger partial charge in [0.15, 0.2) is 0 Å². The van der Waals surface area contributed by atoms with Crippen molar-refractivity contribution < 1.29 is 0 Å². The van der Waals surface area contributed by atoms with E-state index >= 15 is 0 Å². The second kappa shape index (κ2) is 7.57. The lowest BCUT2D eigenvalue weighted by Gasteiger charge is -2.23. The first-order valence-electron chi connectivity index (χ1n) is 14.9. The van der Waals surface area contributed by atoms with Crippen molar-refractivity contribution in [2.45, 2.75) is 19.3 Å². The fourth-order valence-electron chi connectivity index (χ4n) is 8.42. The Balaban J connectivity index is 1.32. The summed E-state index contributed by atoms with van der Waals surface area (Å²) in [6.45, 7) is 4.77. The van der Waals surface area contributed by atoms with Crippen LogP contribution in [0.2, 0.25) is 0 Å². The van der Waals surface area contributed by atoms with Crippen LogP contribution in [0.25, 0.3) is 82.4 Å². The number of fused-ring (bicyclic) bond motifs is 12. The summed E-state index contributed by atoms with van der Waals surface area (Å²) in [5.74, 6) is 0. The van der Waals surface area contributed by atoms with Crippen LogP contribution in [0.4, 0.5) is 0 Å². The smallest absolute Gasteiger partial charge is 0.0547 e. The van der Waals surface area contributed by atoms with Gasteiger partial charge in [0, 0.05) is 21.6 Å². The molecule has 0 radical (unpaired) electrons. The molecule has 196 valence electrons. The molecule has 2 aliphatic rings. The second-order valence-corrected chi connectivity index (χ2v) is 12.5. The molecule has 0 N–H and O–H groups in total. The molecular formula is C41H27N. The van der Waals surface area contributed by atoms with Gasteiger partial charge in [0.2, 0.25) is 0 Å². The van der Waals surface area contributed by atoms with Crippen LogP contribution in [0.15, 0.2) is 127 Å². The van der Waals surface area contributed by atoms with Crippen molar-refractivity contribution in [3.05, 3.63) is 139 Å². The average molecular weight is 534 g/mol. The molecule has 1 nitrogen and oxygen atoms in total. The van der Waals surface area contributed by atoms with Gasteiger partial charge in [-0.15, -0.1) is 0 Å². The molecule has 1 heterocycles. The maximum Gasteiger partial charge on any atom is 0.0547 e. The van der Waals surface area contributed by atoms with Crippen LogP contribution in [-0.2, 0) is 5.41 Å². The second-order valence-electron chi connectivity index (χ2n) is 12.5. The number of nitrogens with zero attached hydrogens (tertiary/aromatic N) is 1. The van der Waals surface area contributed by atoms with Gasteiger partial charge >= 0.3 is 0 Å². The van der Waals surface area contributed by atoms with Crippen LogP contribution in [-0.4, -0.2) is 4.57 Å². The Kier molecular flexibility index (Phi) is 4.06. The van der Waals surface area contributed by atoms with Gasteiger partial charge < -0.3 is 4.57 Å². The number of para-hydroxylation sites is 1. The van der Waals surface area contributed by atoms with E-state index in [9.17, 15) is 0 Å². The third kappa shape index (κ3) is 2.56. The normalized spacial score (nSPS) is 14.1. The fourth-order valence-corrected chi connectivity index (χ4v) is 8.42. The predicted molar refractivity (Wildman–Crippen MR) is 178 cm³/mol. The number of aromatic nitrogens is 1. The monoisotopic (exact) mass is 533 g/mol. The maximum absolute atomic E-state index is 2.50. The van der Waals surface area contributed by atoms with Crippen LogP contribution in [0.3, 0.4) is 0 Å². The summed E-state index contributed by atoms with van der Waals surface area (Å²) in [6.07, 6.45) is 0. The van der Waals surface area contributed by atoms with Crippen LogP contribution in [0, 0.1) is 0 Å². The van der Waals surface area contributed by atoms with Crippen molar-refractivity contribution in [2.75, 3.05) is 0 Å². The molecule has 1 aromatic heterocycles. The van der Waals surface area contributed by atoms with E-state index in [1.807, 2.05) is 0 Å². The number of hydrogen-bond donors (Lipinski definition) is 0. The third-order valence-electron chi connectivity index (χ3n) is 10.1. The first-order chi connectivity index (χ1) is 20.6. The van der Waals surface area contributed by atoms with Gasteiger partial charge in [0.1, 0.15) is 0 Å². The Bertz CT molecular complexity index is 2460. The summed E-state index contributed by atoms with van der Waals surface area (Å²) in [5, 5.41) is 8.00. The van der Waals surface area contributed by atoms with E-state index in [0.29, 0.717) is 0 Å². The van der Waals surface area contributed by atoms with Crippen molar-refractivity contribution in [1.82, 2.24) is 4.57 Å². The average Bonchev–Trinajstić information content (AvgIpc) is 3.63. The SMILES string of the molecule is CC1(C)c2ccccc2-c2ccc3c(ccc4c3c3ccccc3n4-c3ccc4c5c(cccc35)-c3ccccc3-4)c21. The molecule has 0 saturated carbocycles. The topological polar surface area (TPSA) is 4.93 Å². The van der Waals surface area contributed by atoms with Crippen molar-refractivity contribution in [1.29, 1.82) is 0 Å². The van der Waals surface area contributed by atoms with Crippen LogP contribution in [0.5, 0.6) is 0 Å². The Morgan fingerprint density at radius 3 is 1.90 bits per heavy atom. The van der Waals surface area contributed by atoms with E-state index in [-0.39, 0.29) is 5.41 Å². The highest BCUT2D eigenvalue weighted by Gasteiger charge is 2.37. The summed E-state index contributed by atoms with van der Waals surface area (Å²) >= 11 is 0. The first kappa shape index (κ1) is 22.5. The minimum Gasteiger partial charge on any atom is -0.309 e. The van der Waals surface area contributed by atoms with Gasteiger partial charge in [0.05, 0.1) is 16.7 Å². The van der Waals surface area contributed by atoms with E-state index in [0.717, 1.165) is 0 Å². The molecule has 0 spiro atoms. The predicted octanol–water partition coefficient (Wildman–Crippen LogP) is 11.0. The van der Waals surface area contributed by atoms with Crippen LogP contribution in [0.1, 0.15) is 25.0 Å². The van der Waals surface area contributed by atoms with Gasteiger partial charge in [-0.2, -0.15) is 0 Å². The quantitative estimate of drug-likeness (QED) is 0.198. The van der Waals surface area contributed by atoms with Crippen LogP contribution >= 0.6 is 0 Å². The highest BCUT2D eigenvalue weighted by Crippen LogP contribution is 2.53. The molecule has 8 aromatic rings. The van der Waals surface area contributed by atoms with Gasteiger partial charge in [-0.25, -0.2) is 0 Å². The minimum absolute atomic E-state index is 0.0514. The third-order valence-corrected chi connectivity index (χ3v) is 10.1. The number of hydrogen-bond acceptors (Lipinski definition) is 0. The summed E-state index contributed by atoms with van der Waals surface area (Å²) in [6, 6.07) is 47.7. The lowest BCUT2D eigenvalue weighted by atomic mass is 9.80. The largest absolute Gasteiger partial charge is 0.309 e. The van der Waals surface area contributed by atoms with E-state index in [4.69, 9.17) is 0 Å². The van der Waals surface area contributed by atoms with Crippen molar-refractivity contribution in [3.8, 4) is 39.1 Å². The Hall–Kier alpha value is -5.14. The maximum atomic E-state index is 2.50. The lowest BCUT2D eigenvalue weighted by Crippen LogP contribution is -2.15.